The third kappa shape index (κ3) is 26.5. The summed E-state index contributed by atoms with van der Waals surface area (Å²) in [6.07, 6.45) is 19.9. The SMILES string of the molecule is O=C(O)CCCCCCCCCCCCCCCCCCC(=O)O.[Ca+2].[H-].[H-]. The Kier molecular flexibility index (Phi) is 24.4. The molecular formula is C20H40CaO4. The standard InChI is InChI=1S/C20H38O4.Ca.2H/c21-19(22)17-15-13-11-9-7-5-3-1-2-4-6-8-10-12-14-16-18-20(23)24;;;/h1-18H2,(H,21,22)(H,23,24);;;/q;+2;2*-1. The Bertz CT molecular complexity index is 288. The van der Waals surface area contributed by atoms with Gasteiger partial charge in [0.2, 0.25) is 0 Å². The molecule has 0 aliphatic heterocycles. The first-order valence-corrected chi connectivity index (χ1v) is 10.1. The van der Waals surface area contributed by atoms with Gasteiger partial charge in [0.15, 0.2) is 0 Å². The van der Waals surface area contributed by atoms with Crippen LogP contribution < -0.4 is 0 Å². The van der Waals surface area contributed by atoms with Crippen LogP contribution in [0, 0.1) is 0 Å². The molecule has 0 saturated heterocycles. The van der Waals surface area contributed by atoms with E-state index in [1.54, 1.807) is 0 Å². The van der Waals surface area contributed by atoms with Gasteiger partial charge in [0.1, 0.15) is 0 Å². The molecule has 0 aliphatic rings. The molecule has 0 unspecified atom stereocenters. The van der Waals surface area contributed by atoms with Gasteiger partial charge in [-0.3, -0.25) is 9.59 Å². The molecule has 0 aromatic heterocycles. The predicted octanol–water partition coefficient (Wildman–Crippen LogP) is 6.02. The minimum absolute atomic E-state index is 0. The van der Waals surface area contributed by atoms with E-state index >= 15 is 0 Å². The van der Waals surface area contributed by atoms with Crippen LogP contribution in [0.15, 0.2) is 0 Å². The van der Waals surface area contributed by atoms with Gasteiger partial charge in [-0.15, -0.1) is 0 Å². The number of rotatable bonds is 19. The summed E-state index contributed by atoms with van der Waals surface area (Å²) in [6, 6.07) is 0. The minimum Gasteiger partial charge on any atom is -1.00 e. The van der Waals surface area contributed by atoms with E-state index in [0.29, 0.717) is 12.8 Å². The van der Waals surface area contributed by atoms with E-state index in [1.807, 2.05) is 0 Å². The molecule has 0 aliphatic carbocycles. The fraction of sp³-hybridized carbons (Fsp3) is 0.900. The molecule has 146 valence electrons. The maximum atomic E-state index is 10.4. The zero-order chi connectivity index (χ0) is 17.9. The minimum atomic E-state index is -0.673. The average molecular weight is 385 g/mol. The van der Waals surface area contributed by atoms with E-state index in [1.165, 1.54) is 77.0 Å². The van der Waals surface area contributed by atoms with Gasteiger partial charge in [-0.05, 0) is 12.8 Å². The zero-order valence-corrected chi connectivity index (χ0v) is 18.4. The van der Waals surface area contributed by atoms with Crippen LogP contribution in [0.3, 0.4) is 0 Å². The number of carbonyl (C=O) groups is 2. The Morgan fingerprint density at radius 2 is 0.600 bits per heavy atom. The summed E-state index contributed by atoms with van der Waals surface area (Å²) in [5.41, 5.74) is 0. The zero-order valence-electron chi connectivity index (χ0n) is 18.1. The molecule has 0 radical (unpaired) electrons. The van der Waals surface area contributed by atoms with Crippen LogP contribution in [0.1, 0.15) is 118 Å². The van der Waals surface area contributed by atoms with Crippen molar-refractivity contribution >= 4 is 49.7 Å². The Labute approximate surface area is 187 Å². The molecule has 25 heavy (non-hydrogen) atoms. The van der Waals surface area contributed by atoms with Crippen molar-refractivity contribution in [3.05, 3.63) is 0 Å². The molecule has 0 bridgehead atoms. The molecule has 0 rings (SSSR count). The van der Waals surface area contributed by atoms with Gasteiger partial charge in [0.25, 0.3) is 0 Å². The fourth-order valence-corrected chi connectivity index (χ4v) is 3.03. The van der Waals surface area contributed by atoms with Gasteiger partial charge in [-0.25, -0.2) is 0 Å². The first kappa shape index (κ1) is 27.4. The van der Waals surface area contributed by atoms with Gasteiger partial charge in [-0.2, -0.15) is 0 Å². The monoisotopic (exact) mass is 384 g/mol. The van der Waals surface area contributed by atoms with Crippen LogP contribution in [-0.2, 0) is 9.59 Å². The fourth-order valence-electron chi connectivity index (χ4n) is 3.03. The van der Waals surface area contributed by atoms with E-state index in [0.717, 1.165) is 25.7 Å². The van der Waals surface area contributed by atoms with Crippen LogP contribution >= 0.6 is 0 Å². The van der Waals surface area contributed by atoms with Gasteiger partial charge < -0.3 is 13.1 Å². The molecule has 0 atom stereocenters. The molecule has 0 spiro atoms. The van der Waals surface area contributed by atoms with Crippen LogP contribution in [0.2, 0.25) is 0 Å². The second-order valence-corrected chi connectivity index (χ2v) is 6.94. The molecule has 0 aromatic carbocycles. The van der Waals surface area contributed by atoms with Crippen molar-refractivity contribution in [2.24, 2.45) is 0 Å². The molecule has 0 saturated carbocycles. The molecule has 5 heteroatoms. The summed E-state index contributed by atoms with van der Waals surface area (Å²) < 4.78 is 0. The maximum Gasteiger partial charge on any atom is 2.00 e. The molecule has 0 heterocycles. The van der Waals surface area contributed by atoms with E-state index in [2.05, 4.69) is 0 Å². The predicted molar refractivity (Wildman–Crippen MR) is 106 cm³/mol. The topological polar surface area (TPSA) is 74.6 Å². The van der Waals surface area contributed by atoms with E-state index in [4.69, 9.17) is 10.2 Å². The normalized spacial score (nSPS) is 10.4. The second kappa shape index (κ2) is 22.2. The van der Waals surface area contributed by atoms with Gasteiger partial charge in [0.05, 0.1) is 0 Å². The molecule has 0 fully saturated rings. The van der Waals surface area contributed by atoms with Crippen molar-refractivity contribution in [1.29, 1.82) is 0 Å². The van der Waals surface area contributed by atoms with Crippen molar-refractivity contribution in [2.75, 3.05) is 0 Å². The number of carboxylic acids is 2. The second-order valence-electron chi connectivity index (χ2n) is 6.94. The van der Waals surface area contributed by atoms with Crippen molar-refractivity contribution < 1.29 is 22.7 Å². The van der Waals surface area contributed by atoms with Gasteiger partial charge in [0, 0.05) is 12.8 Å². The number of aliphatic carboxylic acids is 2. The molecule has 0 aromatic rings. The van der Waals surface area contributed by atoms with Gasteiger partial charge in [-0.1, -0.05) is 89.9 Å². The summed E-state index contributed by atoms with van der Waals surface area (Å²) in [7, 11) is 0. The molecule has 2 N–H and O–H groups in total. The number of unbranched alkanes of at least 4 members (excludes halogenated alkanes) is 15. The first-order chi connectivity index (χ1) is 11.6. The van der Waals surface area contributed by atoms with Crippen molar-refractivity contribution in [1.82, 2.24) is 0 Å². The Morgan fingerprint density at radius 3 is 0.760 bits per heavy atom. The van der Waals surface area contributed by atoms with Crippen LogP contribution in [0.25, 0.3) is 0 Å². The summed E-state index contributed by atoms with van der Waals surface area (Å²) >= 11 is 0. The smallest absolute Gasteiger partial charge is 1.00 e. The summed E-state index contributed by atoms with van der Waals surface area (Å²) in [5.74, 6) is -1.35. The number of carboxylic acid groups (broad SMARTS) is 2. The van der Waals surface area contributed by atoms with E-state index in [-0.39, 0.29) is 40.6 Å². The summed E-state index contributed by atoms with van der Waals surface area (Å²) in [4.78, 5) is 20.7. The molecule has 0 amide bonds. The number of hydrogen-bond acceptors (Lipinski definition) is 2. The quantitative estimate of drug-likeness (QED) is 0.211. The van der Waals surface area contributed by atoms with Crippen LogP contribution in [-0.4, -0.2) is 59.9 Å². The van der Waals surface area contributed by atoms with E-state index < -0.39 is 11.9 Å². The maximum absolute atomic E-state index is 10.4. The molecular weight excluding hydrogens is 344 g/mol. The average Bonchev–Trinajstić information content (AvgIpc) is 2.53. The first-order valence-electron chi connectivity index (χ1n) is 10.1. The largest absolute Gasteiger partial charge is 2.00 e. The third-order valence-electron chi connectivity index (χ3n) is 4.53. The van der Waals surface area contributed by atoms with Crippen molar-refractivity contribution in [3.8, 4) is 0 Å². The van der Waals surface area contributed by atoms with E-state index in [9.17, 15) is 9.59 Å². The van der Waals surface area contributed by atoms with Crippen LogP contribution in [0.5, 0.6) is 0 Å². The third-order valence-corrected chi connectivity index (χ3v) is 4.53. The van der Waals surface area contributed by atoms with Gasteiger partial charge >= 0.3 is 49.7 Å². The Morgan fingerprint density at radius 1 is 0.440 bits per heavy atom. The van der Waals surface area contributed by atoms with Crippen molar-refractivity contribution in [3.63, 3.8) is 0 Å². The number of hydrogen-bond donors (Lipinski definition) is 2. The summed E-state index contributed by atoms with van der Waals surface area (Å²) in [5, 5.41) is 17.1. The Hall–Kier alpha value is 0.200. The summed E-state index contributed by atoms with van der Waals surface area (Å²) in [6.45, 7) is 0. The Balaban J connectivity index is -0.000000882. The molecule has 4 nitrogen and oxygen atoms in total. The van der Waals surface area contributed by atoms with Crippen molar-refractivity contribution in [2.45, 2.75) is 116 Å². The van der Waals surface area contributed by atoms with Crippen LogP contribution in [0.4, 0.5) is 0 Å².